The van der Waals surface area contributed by atoms with E-state index in [1.165, 1.54) is 11.3 Å². The number of carbonyl (C=O) groups is 3. The molecule has 0 radical (unpaired) electrons. The fourth-order valence-corrected chi connectivity index (χ4v) is 3.02. The third-order valence-corrected chi connectivity index (χ3v) is 4.16. The molecule has 6 heteroatoms. The third-order valence-electron chi connectivity index (χ3n) is 4.16. The highest BCUT2D eigenvalue weighted by atomic mass is 16.2. The summed E-state index contributed by atoms with van der Waals surface area (Å²) < 4.78 is 0. The highest BCUT2D eigenvalue weighted by molar-refractivity contribution is 5.89. The molecule has 2 N–H and O–H groups in total. The lowest BCUT2D eigenvalue weighted by Crippen LogP contribution is -2.44. The topological polar surface area (TPSA) is 83.7 Å². The van der Waals surface area contributed by atoms with Crippen molar-refractivity contribution in [1.82, 2.24) is 9.80 Å². The van der Waals surface area contributed by atoms with Crippen molar-refractivity contribution >= 4 is 17.7 Å². The number of rotatable bonds is 4. The molecule has 0 aromatic rings. The van der Waals surface area contributed by atoms with Gasteiger partial charge in [0.15, 0.2) is 0 Å². The second-order valence-electron chi connectivity index (χ2n) is 5.59. The van der Waals surface area contributed by atoms with Gasteiger partial charge in [0.1, 0.15) is 6.04 Å². The number of amides is 3. The molecule has 3 amide bonds. The predicted octanol–water partition coefficient (Wildman–Crippen LogP) is 0.255. The first-order chi connectivity index (χ1) is 9.59. The van der Waals surface area contributed by atoms with E-state index in [1.807, 2.05) is 4.90 Å². The number of hydrogen-bond acceptors (Lipinski definition) is 3. The number of primary amides is 1. The van der Waals surface area contributed by atoms with Crippen molar-refractivity contribution in [3.63, 3.8) is 0 Å². The van der Waals surface area contributed by atoms with E-state index in [-0.39, 0.29) is 24.7 Å². The molecule has 2 rings (SSSR count). The summed E-state index contributed by atoms with van der Waals surface area (Å²) in [5.41, 5.74) is 5.29. The lowest BCUT2D eigenvalue weighted by molar-refractivity contribution is -0.140. The van der Waals surface area contributed by atoms with Gasteiger partial charge in [0.2, 0.25) is 17.7 Å². The largest absolute Gasteiger partial charge is 0.368 e. The number of nitrogens with two attached hydrogens (primary N) is 1. The van der Waals surface area contributed by atoms with Gasteiger partial charge in [-0.3, -0.25) is 14.4 Å². The molecular weight excluding hydrogens is 258 g/mol. The minimum absolute atomic E-state index is 0.0490. The molecule has 0 saturated carbocycles. The maximum Gasteiger partial charge on any atom is 0.240 e. The summed E-state index contributed by atoms with van der Waals surface area (Å²) in [5, 5.41) is 0. The van der Waals surface area contributed by atoms with Gasteiger partial charge in [-0.1, -0.05) is 0 Å². The molecule has 2 heterocycles. The van der Waals surface area contributed by atoms with E-state index < -0.39 is 11.9 Å². The minimum atomic E-state index is -0.479. The maximum absolute atomic E-state index is 12.1. The van der Waals surface area contributed by atoms with Gasteiger partial charge in [-0.05, 0) is 32.1 Å². The zero-order chi connectivity index (χ0) is 14.5. The van der Waals surface area contributed by atoms with E-state index in [1.54, 1.807) is 0 Å². The molecule has 2 aliphatic rings. The van der Waals surface area contributed by atoms with Gasteiger partial charge in [0.25, 0.3) is 0 Å². The van der Waals surface area contributed by atoms with Crippen LogP contribution in [0.2, 0.25) is 0 Å². The number of likely N-dealkylation sites (tertiary alicyclic amines) is 2. The Kier molecular flexibility index (Phi) is 4.98. The normalized spacial score (nSPS) is 22.9. The van der Waals surface area contributed by atoms with Gasteiger partial charge in [-0.2, -0.15) is 0 Å². The van der Waals surface area contributed by atoms with Crippen molar-refractivity contribution in [3.05, 3.63) is 0 Å². The van der Waals surface area contributed by atoms with E-state index in [0.29, 0.717) is 13.0 Å². The van der Waals surface area contributed by atoms with Gasteiger partial charge >= 0.3 is 0 Å². The zero-order valence-corrected chi connectivity index (χ0v) is 11.8. The minimum Gasteiger partial charge on any atom is -0.368 e. The van der Waals surface area contributed by atoms with E-state index >= 15 is 0 Å². The SMILES string of the molecule is NC(=O)[C@@H]1CCCN1C(=O)CCC(=O)N1CCCCC1. The van der Waals surface area contributed by atoms with Crippen LogP contribution in [0.3, 0.4) is 0 Å². The number of nitrogens with zero attached hydrogens (tertiary/aromatic N) is 2. The fourth-order valence-electron chi connectivity index (χ4n) is 3.02. The summed E-state index contributed by atoms with van der Waals surface area (Å²) in [7, 11) is 0. The molecule has 6 nitrogen and oxygen atoms in total. The standard InChI is InChI=1S/C14H23N3O3/c15-14(20)11-5-4-10-17(11)13(19)7-6-12(18)16-8-2-1-3-9-16/h11H,1-10H2,(H2,15,20)/t11-/m0/s1. The zero-order valence-electron chi connectivity index (χ0n) is 11.8. The summed E-state index contributed by atoms with van der Waals surface area (Å²) in [4.78, 5) is 38.7. The fraction of sp³-hybridized carbons (Fsp3) is 0.786. The van der Waals surface area contributed by atoms with Crippen molar-refractivity contribution in [2.24, 2.45) is 5.73 Å². The average molecular weight is 281 g/mol. The first kappa shape index (κ1) is 14.8. The van der Waals surface area contributed by atoms with Crippen LogP contribution in [0.1, 0.15) is 44.9 Å². The van der Waals surface area contributed by atoms with Crippen LogP contribution in [0.25, 0.3) is 0 Å². The smallest absolute Gasteiger partial charge is 0.240 e. The molecule has 20 heavy (non-hydrogen) atoms. The second kappa shape index (κ2) is 6.72. The van der Waals surface area contributed by atoms with Crippen LogP contribution in [0, 0.1) is 0 Å². The van der Waals surface area contributed by atoms with E-state index in [0.717, 1.165) is 32.4 Å². The monoisotopic (exact) mass is 281 g/mol. The molecule has 0 spiro atoms. The number of hydrogen-bond donors (Lipinski definition) is 1. The van der Waals surface area contributed by atoms with Gasteiger partial charge in [0.05, 0.1) is 0 Å². The molecule has 0 unspecified atom stereocenters. The Labute approximate surface area is 119 Å². The van der Waals surface area contributed by atoms with Crippen LogP contribution in [0.4, 0.5) is 0 Å². The van der Waals surface area contributed by atoms with Gasteiger partial charge < -0.3 is 15.5 Å². The van der Waals surface area contributed by atoms with Crippen LogP contribution < -0.4 is 5.73 Å². The first-order valence-corrected chi connectivity index (χ1v) is 7.46. The highest BCUT2D eigenvalue weighted by Crippen LogP contribution is 2.19. The maximum atomic E-state index is 12.1. The molecule has 2 aliphatic heterocycles. The highest BCUT2D eigenvalue weighted by Gasteiger charge is 2.32. The van der Waals surface area contributed by atoms with Crippen LogP contribution in [-0.2, 0) is 14.4 Å². The molecule has 0 aromatic heterocycles. The van der Waals surface area contributed by atoms with Crippen molar-refractivity contribution in [2.75, 3.05) is 19.6 Å². The Hall–Kier alpha value is -1.59. The Morgan fingerprint density at radius 3 is 2.20 bits per heavy atom. The second-order valence-corrected chi connectivity index (χ2v) is 5.59. The van der Waals surface area contributed by atoms with Crippen LogP contribution >= 0.6 is 0 Å². The molecule has 1 atom stereocenters. The molecule has 0 aliphatic carbocycles. The molecule has 112 valence electrons. The van der Waals surface area contributed by atoms with E-state index in [4.69, 9.17) is 5.73 Å². The molecule has 0 bridgehead atoms. The van der Waals surface area contributed by atoms with Gasteiger partial charge in [-0.25, -0.2) is 0 Å². The third kappa shape index (κ3) is 3.49. The van der Waals surface area contributed by atoms with Crippen LogP contribution in [-0.4, -0.2) is 53.2 Å². The lowest BCUT2D eigenvalue weighted by atomic mass is 10.1. The average Bonchev–Trinajstić information content (AvgIpc) is 2.95. The van der Waals surface area contributed by atoms with Crippen molar-refractivity contribution < 1.29 is 14.4 Å². The summed E-state index contributed by atoms with van der Waals surface area (Å²) in [6.45, 7) is 2.19. The summed E-state index contributed by atoms with van der Waals surface area (Å²) in [6.07, 6.45) is 5.14. The number of carbonyl (C=O) groups excluding carboxylic acids is 3. The van der Waals surface area contributed by atoms with Gasteiger partial charge in [0, 0.05) is 32.5 Å². The predicted molar refractivity (Wildman–Crippen MR) is 73.6 cm³/mol. The Balaban J connectivity index is 1.79. The summed E-state index contributed by atoms with van der Waals surface area (Å²) in [5.74, 6) is -0.525. The van der Waals surface area contributed by atoms with E-state index in [9.17, 15) is 14.4 Å². The molecule has 0 aromatic carbocycles. The first-order valence-electron chi connectivity index (χ1n) is 7.46. The van der Waals surface area contributed by atoms with Crippen molar-refractivity contribution in [2.45, 2.75) is 51.0 Å². The lowest BCUT2D eigenvalue weighted by Gasteiger charge is -2.27. The van der Waals surface area contributed by atoms with E-state index in [2.05, 4.69) is 0 Å². The molecule has 2 saturated heterocycles. The molecular formula is C14H23N3O3. The van der Waals surface area contributed by atoms with Gasteiger partial charge in [-0.15, -0.1) is 0 Å². The van der Waals surface area contributed by atoms with Crippen LogP contribution in [0.15, 0.2) is 0 Å². The quantitative estimate of drug-likeness (QED) is 0.802. The van der Waals surface area contributed by atoms with Crippen molar-refractivity contribution in [1.29, 1.82) is 0 Å². The Bertz CT molecular complexity index is 391. The Morgan fingerprint density at radius 2 is 1.55 bits per heavy atom. The molecule has 2 fully saturated rings. The summed E-state index contributed by atoms with van der Waals surface area (Å²) >= 11 is 0. The summed E-state index contributed by atoms with van der Waals surface area (Å²) in [6, 6.07) is -0.479. The Morgan fingerprint density at radius 1 is 0.900 bits per heavy atom. The van der Waals surface area contributed by atoms with Crippen LogP contribution in [0.5, 0.6) is 0 Å². The number of piperidine rings is 1. The van der Waals surface area contributed by atoms with Crippen molar-refractivity contribution in [3.8, 4) is 0 Å².